The molecule has 40 heavy (non-hydrogen) atoms. The summed E-state index contributed by atoms with van der Waals surface area (Å²) in [5, 5.41) is 25.9. The van der Waals surface area contributed by atoms with Gasteiger partial charge in [-0.1, -0.05) is 11.3 Å². The Morgan fingerprint density at radius 2 is 1.80 bits per heavy atom. The number of benzene rings is 2. The van der Waals surface area contributed by atoms with Crippen LogP contribution in [0.4, 0.5) is 11.4 Å². The quantitative estimate of drug-likeness (QED) is 0.395. The summed E-state index contributed by atoms with van der Waals surface area (Å²) in [5.41, 5.74) is 6.68. The Labute approximate surface area is 234 Å². The van der Waals surface area contributed by atoms with Crippen LogP contribution in [-0.2, 0) is 12.5 Å². The third kappa shape index (κ3) is 5.33. The van der Waals surface area contributed by atoms with Crippen LogP contribution >= 0.6 is 0 Å². The highest BCUT2D eigenvalue weighted by Crippen LogP contribution is 2.30. The molecule has 1 fully saturated rings. The molecule has 0 unspecified atom stereocenters. The standard InChI is InChI=1S/C30H35N9O/c1-20-7-8-24(16-28(20)39-18-27(34-35-39)26-17-32-37(6)21(26)2)33-29(40)22-13-23(30(3,4)19-31)15-25(14-22)38-11-9-36(5)10-12-38/h7-8,13-18H,9-12H2,1-6H3,(H,33,40). The van der Waals surface area contributed by atoms with Crippen molar-refractivity contribution in [1.82, 2.24) is 29.7 Å². The first kappa shape index (κ1) is 27.1. The predicted molar refractivity (Wildman–Crippen MR) is 156 cm³/mol. The molecule has 0 spiro atoms. The highest BCUT2D eigenvalue weighted by atomic mass is 16.1. The summed E-state index contributed by atoms with van der Waals surface area (Å²) in [6.45, 7) is 11.4. The number of nitrogens with zero attached hydrogens (tertiary/aromatic N) is 8. The van der Waals surface area contributed by atoms with Crippen LogP contribution in [0.1, 0.15) is 41.0 Å². The Morgan fingerprint density at radius 1 is 1.05 bits per heavy atom. The van der Waals surface area contributed by atoms with E-state index >= 15 is 0 Å². The number of anilines is 2. The van der Waals surface area contributed by atoms with Crippen LogP contribution in [0, 0.1) is 25.2 Å². The fourth-order valence-corrected chi connectivity index (χ4v) is 4.81. The van der Waals surface area contributed by atoms with Crippen LogP contribution in [0.5, 0.6) is 0 Å². The Hall–Kier alpha value is -4.49. The van der Waals surface area contributed by atoms with Gasteiger partial charge in [-0.3, -0.25) is 9.48 Å². The lowest BCUT2D eigenvalue weighted by molar-refractivity contribution is 0.102. The van der Waals surface area contributed by atoms with Crippen molar-refractivity contribution in [2.24, 2.45) is 7.05 Å². The van der Waals surface area contributed by atoms with E-state index < -0.39 is 5.41 Å². The molecule has 2 aromatic carbocycles. The van der Waals surface area contributed by atoms with Crippen molar-refractivity contribution in [1.29, 1.82) is 5.26 Å². The molecule has 10 heteroatoms. The third-order valence-corrected chi connectivity index (χ3v) is 7.77. The zero-order valence-electron chi connectivity index (χ0n) is 23.9. The van der Waals surface area contributed by atoms with Gasteiger partial charge in [0.2, 0.25) is 0 Å². The van der Waals surface area contributed by atoms with E-state index in [1.807, 2.05) is 77.3 Å². The summed E-state index contributed by atoms with van der Waals surface area (Å²) in [4.78, 5) is 18.1. The van der Waals surface area contributed by atoms with Gasteiger partial charge in [-0.2, -0.15) is 10.4 Å². The molecule has 0 saturated carbocycles. The minimum atomic E-state index is -0.730. The van der Waals surface area contributed by atoms with E-state index in [4.69, 9.17) is 0 Å². The summed E-state index contributed by atoms with van der Waals surface area (Å²) in [6.07, 6.45) is 3.65. The monoisotopic (exact) mass is 537 g/mol. The highest BCUT2D eigenvalue weighted by molar-refractivity contribution is 6.05. The molecule has 2 aromatic heterocycles. The van der Waals surface area contributed by atoms with Crippen molar-refractivity contribution in [2.75, 3.05) is 43.4 Å². The van der Waals surface area contributed by atoms with Gasteiger partial charge in [0.25, 0.3) is 5.91 Å². The van der Waals surface area contributed by atoms with Crippen LogP contribution in [0.15, 0.2) is 48.8 Å². The van der Waals surface area contributed by atoms with Gasteiger partial charge in [0.1, 0.15) is 5.69 Å². The molecule has 1 saturated heterocycles. The Morgan fingerprint density at radius 3 is 2.48 bits per heavy atom. The molecule has 1 N–H and O–H groups in total. The molecule has 1 aliphatic heterocycles. The number of nitrogens with one attached hydrogen (secondary N) is 1. The summed E-state index contributed by atoms with van der Waals surface area (Å²) < 4.78 is 3.52. The van der Waals surface area contributed by atoms with Crippen molar-refractivity contribution in [3.8, 4) is 23.0 Å². The number of hydrogen-bond donors (Lipinski definition) is 1. The minimum Gasteiger partial charge on any atom is -0.369 e. The summed E-state index contributed by atoms with van der Waals surface area (Å²) in [6, 6.07) is 13.9. The fraction of sp³-hybridized carbons (Fsp3) is 0.367. The number of piperazine rings is 1. The van der Waals surface area contributed by atoms with Gasteiger partial charge in [-0.15, -0.1) is 5.10 Å². The number of aromatic nitrogens is 5. The topological polar surface area (TPSA) is 108 Å². The number of amides is 1. The molecule has 3 heterocycles. The molecule has 0 bridgehead atoms. The molecule has 206 valence electrons. The average Bonchev–Trinajstić information content (AvgIpc) is 3.56. The molecule has 0 aliphatic carbocycles. The minimum absolute atomic E-state index is 0.231. The molecular weight excluding hydrogens is 502 g/mol. The number of likely N-dealkylation sites (N-methyl/N-ethyl adjacent to an activating group) is 1. The fourth-order valence-electron chi connectivity index (χ4n) is 4.81. The second-order valence-electron chi connectivity index (χ2n) is 11.1. The average molecular weight is 538 g/mol. The normalized spacial score (nSPS) is 14.3. The van der Waals surface area contributed by atoms with Crippen molar-refractivity contribution in [2.45, 2.75) is 33.1 Å². The van der Waals surface area contributed by atoms with Crippen molar-refractivity contribution >= 4 is 17.3 Å². The maximum absolute atomic E-state index is 13.6. The number of rotatable bonds is 6. The van der Waals surface area contributed by atoms with Gasteiger partial charge in [-0.25, -0.2) is 4.68 Å². The summed E-state index contributed by atoms with van der Waals surface area (Å²) in [5.74, 6) is -0.231. The van der Waals surface area contributed by atoms with E-state index in [-0.39, 0.29) is 5.91 Å². The number of aryl methyl sites for hydroxylation is 2. The molecular formula is C30H35N9O. The maximum atomic E-state index is 13.6. The van der Waals surface area contributed by atoms with Gasteiger partial charge < -0.3 is 15.1 Å². The largest absolute Gasteiger partial charge is 0.369 e. The van der Waals surface area contributed by atoms with Crippen LogP contribution in [0.3, 0.4) is 0 Å². The maximum Gasteiger partial charge on any atom is 0.255 e. The van der Waals surface area contributed by atoms with Gasteiger partial charge in [0.15, 0.2) is 0 Å². The molecule has 1 amide bonds. The smallest absolute Gasteiger partial charge is 0.255 e. The van der Waals surface area contributed by atoms with Gasteiger partial charge in [0, 0.05) is 61.4 Å². The van der Waals surface area contributed by atoms with Crippen LogP contribution in [0.2, 0.25) is 0 Å². The Bertz CT molecular complexity index is 1600. The van der Waals surface area contributed by atoms with E-state index in [1.54, 1.807) is 15.6 Å². The molecule has 0 radical (unpaired) electrons. The lowest BCUT2D eigenvalue weighted by atomic mass is 9.85. The Balaban J connectivity index is 1.43. The van der Waals surface area contributed by atoms with E-state index in [0.717, 1.165) is 65.6 Å². The lowest BCUT2D eigenvalue weighted by Crippen LogP contribution is -2.44. The van der Waals surface area contributed by atoms with E-state index in [2.05, 4.69) is 43.6 Å². The number of carbonyl (C=O) groups excluding carboxylic acids is 1. The first-order valence-corrected chi connectivity index (χ1v) is 13.4. The zero-order chi connectivity index (χ0) is 28.6. The molecule has 0 atom stereocenters. The lowest BCUT2D eigenvalue weighted by Gasteiger charge is -2.35. The third-order valence-electron chi connectivity index (χ3n) is 7.77. The first-order valence-electron chi connectivity index (χ1n) is 13.4. The number of hydrogen-bond acceptors (Lipinski definition) is 7. The summed E-state index contributed by atoms with van der Waals surface area (Å²) >= 11 is 0. The second-order valence-corrected chi connectivity index (χ2v) is 11.1. The summed E-state index contributed by atoms with van der Waals surface area (Å²) in [7, 11) is 4.01. The van der Waals surface area contributed by atoms with Gasteiger partial charge in [0.05, 0.1) is 29.6 Å². The van der Waals surface area contributed by atoms with E-state index in [0.29, 0.717) is 11.3 Å². The van der Waals surface area contributed by atoms with Crippen LogP contribution in [-0.4, -0.2) is 68.8 Å². The van der Waals surface area contributed by atoms with Crippen molar-refractivity contribution in [3.05, 3.63) is 71.2 Å². The van der Waals surface area contributed by atoms with Crippen molar-refractivity contribution in [3.63, 3.8) is 0 Å². The molecule has 10 nitrogen and oxygen atoms in total. The van der Waals surface area contributed by atoms with Crippen LogP contribution in [0.25, 0.3) is 16.9 Å². The molecule has 5 rings (SSSR count). The van der Waals surface area contributed by atoms with Crippen LogP contribution < -0.4 is 10.2 Å². The SMILES string of the molecule is Cc1ccc(NC(=O)c2cc(N3CCN(C)CC3)cc(C(C)(C)C#N)c2)cc1-n1cc(-c2cnn(C)c2C)nn1. The first-order chi connectivity index (χ1) is 19.1. The van der Waals surface area contributed by atoms with E-state index in [9.17, 15) is 10.1 Å². The molecule has 1 aliphatic rings. The second kappa shape index (κ2) is 10.6. The zero-order valence-corrected chi connectivity index (χ0v) is 23.9. The Kier molecular flexibility index (Phi) is 7.17. The predicted octanol–water partition coefficient (Wildman–Crippen LogP) is 4.09. The number of nitriles is 1. The molecule has 4 aromatic rings. The van der Waals surface area contributed by atoms with E-state index in [1.165, 1.54) is 0 Å². The van der Waals surface area contributed by atoms with Gasteiger partial charge in [-0.05, 0) is 76.2 Å². The van der Waals surface area contributed by atoms with Crippen molar-refractivity contribution < 1.29 is 4.79 Å². The van der Waals surface area contributed by atoms with Gasteiger partial charge >= 0.3 is 0 Å². The number of carbonyl (C=O) groups is 1. The highest BCUT2D eigenvalue weighted by Gasteiger charge is 2.25.